The van der Waals surface area contributed by atoms with Crippen molar-refractivity contribution in [1.29, 1.82) is 0 Å². The zero-order valence-electron chi connectivity index (χ0n) is 14.4. The minimum absolute atomic E-state index is 0.0399. The Labute approximate surface area is 149 Å². The first-order chi connectivity index (χ1) is 11.7. The first kappa shape index (κ1) is 18.9. The largest absolute Gasteiger partial charge is 0.444 e. The maximum atomic E-state index is 12.2. The molecule has 0 N–H and O–H groups in total. The Morgan fingerprint density at radius 2 is 1.80 bits per heavy atom. The van der Waals surface area contributed by atoms with Gasteiger partial charge >= 0.3 is 11.1 Å². The van der Waals surface area contributed by atoms with Gasteiger partial charge in [0.25, 0.3) is 0 Å². The minimum Gasteiger partial charge on any atom is -0.444 e. The van der Waals surface area contributed by atoms with Crippen molar-refractivity contribution >= 4 is 34.4 Å². The highest BCUT2D eigenvalue weighted by atomic mass is 32.1. The van der Waals surface area contributed by atoms with E-state index in [0.717, 1.165) is 11.3 Å². The molecule has 1 fully saturated rings. The van der Waals surface area contributed by atoms with E-state index >= 15 is 0 Å². The van der Waals surface area contributed by atoms with E-state index in [4.69, 9.17) is 4.74 Å². The SMILES string of the molecule is CC(C)(C)OC(=O)N1CCN(C(=O)/C=C/c2ccc([N+](=O)[O-])s2)CC1. The van der Waals surface area contributed by atoms with E-state index < -0.39 is 10.5 Å². The van der Waals surface area contributed by atoms with Crippen LogP contribution in [0.15, 0.2) is 18.2 Å². The summed E-state index contributed by atoms with van der Waals surface area (Å²) in [5.41, 5.74) is -0.546. The Morgan fingerprint density at radius 3 is 2.32 bits per heavy atom. The van der Waals surface area contributed by atoms with Gasteiger partial charge in [0.05, 0.1) is 4.92 Å². The van der Waals surface area contributed by atoms with Crippen LogP contribution in [0.1, 0.15) is 25.6 Å². The molecule has 0 bridgehead atoms. The summed E-state index contributed by atoms with van der Waals surface area (Å²) in [5, 5.41) is 10.7. The van der Waals surface area contributed by atoms with Gasteiger partial charge in [-0.15, -0.1) is 0 Å². The van der Waals surface area contributed by atoms with Gasteiger partial charge in [0.1, 0.15) is 5.60 Å². The number of amides is 2. The number of rotatable bonds is 3. The molecule has 2 heterocycles. The predicted octanol–water partition coefficient (Wildman–Crippen LogP) is 2.75. The number of piperazine rings is 1. The first-order valence-electron chi connectivity index (χ1n) is 7.85. The quantitative estimate of drug-likeness (QED) is 0.465. The molecule has 1 aromatic rings. The molecule has 0 saturated carbocycles. The number of carbonyl (C=O) groups is 2. The molecule has 0 aromatic carbocycles. The molecule has 1 aromatic heterocycles. The highest BCUT2D eigenvalue weighted by Gasteiger charge is 2.26. The number of nitro groups is 1. The van der Waals surface area contributed by atoms with E-state index in [1.54, 1.807) is 21.9 Å². The molecule has 9 heteroatoms. The smallest absolute Gasteiger partial charge is 0.410 e. The maximum Gasteiger partial charge on any atom is 0.410 e. The zero-order chi connectivity index (χ0) is 18.6. The summed E-state index contributed by atoms with van der Waals surface area (Å²) in [7, 11) is 0. The van der Waals surface area contributed by atoms with Gasteiger partial charge in [0.15, 0.2) is 0 Å². The van der Waals surface area contributed by atoms with Gasteiger partial charge in [0, 0.05) is 43.2 Å². The number of nitrogens with zero attached hydrogens (tertiary/aromatic N) is 3. The third kappa shape index (κ3) is 5.56. The van der Waals surface area contributed by atoms with Crippen molar-refractivity contribution in [2.45, 2.75) is 26.4 Å². The molecule has 2 rings (SSSR count). The van der Waals surface area contributed by atoms with Crippen molar-refractivity contribution in [2.24, 2.45) is 0 Å². The minimum atomic E-state index is -0.546. The fourth-order valence-corrected chi connectivity index (χ4v) is 2.95. The molecule has 1 saturated heterocycles. The van der Waals surface area contributed by atoms with Crippen LogP contribution in [-0.4, -0.2) is 58.5 Å². The second-order valence-electron chi connectivity index (χ2n) is 6.56. The van der Waals surface area contributed by atoms with Crippen molar-refractivity contribution in [2.75, 3.05) is 26.2 Å². The van der Waals surface area contributed by atoms with Crippen LogP contribution < -0.4 is 0 Å². The maximum absolute atomic E-state index is 12.2. The molecule has 0 unspecified atom stereocenters. The molecule has 0 spiro atoms. The van der Waals surface area contributed by atoms with Crippen LogP contribution in [-0.2, 0) is 9.53 Å². The third-order valence-electron chi connectivity index (χ3n) is 3.43. The van der Waals surface area contributed by atoms with Gasteiger partial charge in [-0.05, 0) is 32.9 Å². The fraction of sp³-hybridized carbons (Fsp3) is 0.500. The fourth-order valence-electron chi connectivity index (χ4n) is 2.22. The summed E-state index contributed by atoms with van der Waals surface area (Å²) >= 11 is 1.01. The van der Waals surface area contributed by atoms with E-state index in [2.05, 4.69) is 0 Å². The zero-order valence-corrected chi connectivity index (χ0v) is 15.2. The normalized spacial score (nSPS) is 15.5. The summed E-state index contributed by atoms with van der Waals surface area (Å²) in [6.07, 6.45) is 2.60. The molecule has 1 aliphatic heterocycles. The number of thiophene rings is 1. The van der Waals surface area contributed by atoms with Crippen molar-refractivity contribution in [3.63, 3.8) is 0 Å². The van der Waals surface area contributed by atoms with Crippen molar-refractivity contribution in [3.05, 3.63) is 33.2 Å². The molecular weight excluding hydrogens is 346 g/mol. The molecule has 0 radical (unpaired) electrons. The number of hydrogen-bond donors (Lipinski definition) is 0. The second-order valence-corrected chi connectivity index (χ2v) is 7.65. The average Bonchev–Trinajstić information content (AvgIpc) is 3.00. The van der Waals surface area contributed by atoms with Crippen LogP contribution >= 0.6 is 11.3 Å². The molecule has 2 amide bonds. The van der Waals surface area contributed by atoms with E-state index in [-0.39, 0.29) is 17.0 Å². The van der Waals surface area contributed by atoms with Crippen LogP contribution in [0.4, 0.5) is 9.80 Å². The topological polar surface area (TPSA) is 93.0 Å². The van der Waals surface area contributed by atoms with Crippen LogP contribution in [0, 0.1) is 10.1 Å². The van der Waals surface area contributed by atoms with Crippen molar-refractivity contribution in [1.82, 2.24) is 9.80 Å². The van der Waals surface area contributed by atoms with Crippen molar-refractivity contribution in [3.8, 4) is 0 Å². The van der Waals surface area contributed by atoms with Crippen molar-refractivity contribution < 1.29 is 19.2 Å². The lowest BCUT2D eigenvalue weighted by molar-refractivity contribution is -0.380. The van der Waals surface area contributed by atoms with E-state index in [1.165, 1.54) is 12.1 Å². The number of hydrogen-bond acceptors (Lipinski definition) is 6. The lowest BCUT2D eigenvalue weighted by atomic mass is 10.2. The summed E-state index contributed by atoms with van der Waals surface area (Å²) < 4.78 is 5.32. The second kappa shape index (κ2) is 7.64. The third-order valence-corrected chi connectivity index (χ3v) is 4.43. The van der Waals surface area contributed by atoms with E-state index in [0.29, 0.717) is 31.1 Å². The van der Waals surface area contributed by atoms with Crippen LogP contribution in [0.3, 0.4) is 0 Å². The van der Waals surface area contributed by atoms with E-state index in [1.807, 2.05) is 20.8 Å². The Morgan fingerprint density at radius 1 is 1.20 bits per heavy atom. The molecule has 0 atom stereocenters. The Hall–Kier alpha value is -2.42. The summed E-state index contributed by atoms with van der Waals surface area (Å²) in [5.74, 6) is -0.181. The molecular formula is C16H21N3O5S. The monoisotopic (exact) mass is 367 g/mol. The van der Waals surface area contributed by atoms with E-state index in [9.17, 15) is 19.7 Å². The summed E-state index contributed by atoms with van der Waals surface area (Å²) in [6.45, 7) is 7.11. The average molecular weight is 367 g/mol. The standard InChI is InChI=1S/C16H21N3O5S/c1-16(2,3)24-15(21)18-10-8-17(9-11-18)13(20)6-4-12-5-7-14(25-12)19(22)23/h4-7H,8-11H2,1-3H3/b6-4+. The van der Waals surface area contributed by atoms with Gasteiger partial charge in [-0.3, -0.25) is 14.9 Å². The predicted molar refractivity (Wildman–Crippen MR) is 94.4 cm³/mol. The van der Waals surface area contributed by atoms with Gasteiger partial charge < -0.3 is 14.5 Å². The molecule has 0 aliphatic carbocycles. The molecule has 8 nitrogen and oxygen atoms in total. The van der Waals surface area contributed by atoms with Gasteiger partial charge in [-0.1, -0.05) is 11.3 Å². The molecule has 25 heavy (non-hydrogen) atoms. The van der Waals surface area contributed by atoms with Gasteiger partial charge in [-0.25, -0.2) is 4.79 Å². The number of carbonyl (C=O) groups excluding carboxylic acids is 2. The highest BCUT2D eigenvalue weighted by Crippen LogP contribution is 2.24. The van der Waals surface area contributed by atoms with Crippen LogP contribution in [0.2, 0.25) is 0 Å². The number of ether oxygens (including phenoxy) is 1. The lowest BCUT2D eigenvalue weighted by Gasteiger charge is -2.35. The Balaban J connectivity index is 1.85. The van der Waals surface area contributed by atoms with Gasteiger partial charge in [-0.2, -0.15) is 0 Å². The summed E-state index contributed by atoms with van der Waals surface area (Å²) in [4.78, 5) is 38.2. The first-order valence-corrected chi connectivity index (χ1v) is 8.66. The Kier molecular flexibility index (Phi) is 5.78. The highest BCUT2D eigenvalue weighted by molar-refractivity contribution is 7.16. The Bertz CT molecular complexity index is 684. The lowest BCUT2D eigenvalue weighted by Crippen LogP contribution is -2.51. The molecule has 1 aliphatic rings. The summed E-state index contributed by atoms with van der Waals surface area (Å²) in [6, 6.07) is 3.02. The van der Waals surface area contributed by atoms with Crippen LogP contribution in [0.25, 0.3) is 6.08 Å². The van der Waals surface area contributed by atoms with Crippen LogP contribution in [0.5, 0.6) is 0 Å². The van der Waals surface area contributed by atoms with Gasteiger partial charge in [0.2, 0.25) is 5.91 Å². The molecule has 136 valence electrons.